The second-order valence-electron chi connectivity index (χ2n) is 3.70. The van der Waals surface area contributed by atoms with Crippen molar-refractivity contribution in [2.75, 3.05) is 6.54 Å². The van der Waals surface area contributed by atoms with Crippen LogP contribution in [0.2, 0.25) is 0 Å². The summed E-state index contributed by atoms with van der Waals surface area (Å²) in [6.45, 7) is 0.728. The van der Waals surface area contributed by atoms with Crippen molar-refractivity contribution in [3.8, 4) is 0 Å². The van der Waals surface area contributed by atoms with Crippen LogP contribution < -0.4 is 5.32 Å². The predicted molar refractivity (Wildman–Crippen MR) is 53.4 cm³/mol. The van der Waals surface area contributed by atoms with Gasteiger partial charge in [0.25, 0.3) is 0 Å². The number of carbonyl (C=O) groups is 1. The molecule has 0 amide bonds. The van der Waals surface area contributed by atoms with Gasteiger partial charge in [-0.25, -0.2) is 9.97 Å². The fourth-order valence-corrected chi connectivity index (χ4v) is 1.92. The SMILES string of the molecule is O=C(O)C1CC(c2ccncn2)CCN1. The Balaban J connectivity index is 2.08. The smallest absolute Gasteiger partial charge is 0.320 e. The van der Waals surface area contributed by atoms with Gasteiger partial charge in [0, 0.05) is 17.8 Å². The van der Waals surface area contributed by atoms with Crippen molar-refractivity contribution >= 4 is 5.97 Å². The van der Waals surface area contributed by atoms with Crippen LogP contribution >= 0.6 is 0 Å². The van der Waals surface area contributed by atoms with E-state index < -0.39 is 12.0 Å². The van der Waals surface area contributed by atoms with E-state index in [-0.39, 0.29) is 5.92 Å². The second-order valence-corrected chi connectivity index (χ2v) is 3.70. The standard InChI is InChI=1S/C10H13N3O2/c14-10(15)9-5-7(1-4-12-9)8-2-3-11-6-13-8/h2-3,6-7,9,12H,1,4-5H2,(H,14,15). The number of hydrogen-bond acceptors (Lipinski definition) is 4. The molecule has 2 atom stereocenters. The van der Waals surface area contributed by atoms with Crippen LogP contribution in [0.3, 0.4) is 0 Å². The molecule has 5 heteroatoms. The van der Waals surface area contributed by atoms with E-state index in [1.807, 2.05) is 6.07 Å². The summed E-state index contributed by atoms with van der Waals surface area (Å²) < 4.78 is 0. The van der Waals surface area contributed by atoms with Crippen molar-refractivity contribution in [1.82, 2.24) is 15.3 Å². The summed E-state index contributed by atoms with van der Waals surface area (Å²) in [4.78, 5) is 18.9. The minimum absolute atomic E-state index is 0.232. The Hall–Kier alpha value is -1.49. The molecule has 0 aliphatic carbocycles. The maximum atomic E-state index is 10.8. The summed E-state index contributed by atoms with van der Waals surface area (Å²) in [6, 6.07) is 1.41. The van der Waals surface area contributed by atoms with Crippen molar-refractivity contribution in [2.24, 2.45) is 0 Å². The molecule has 2 unspecified atom stereocenters. The first-order valence-electron chi connectivity index (χ1n) is 4.99. The normalized spacial score (nSPS) is 26.1. The van der Waals surface area contributed by atoms with E-state index in [1.54, 1.807) is 6.20 Å². The summed E-state index contributed by atoms with van der Waals surface area (Å²) in [5, 5.41) is 11.9. The van der Waals surface area contributed by atoms with E-state index in [0.717, 1.165) is 18.7 Å². The molecule has 1 aliphatic rings. The predicted octanol–water partition coefficient (Wildman–Crippen LogP) is 0.397. The quantitative estimate of drug-likeness (QED) is 0.734. The van der Waals surface area contributed by atoms with Crippen LogP contribution in [0.4, 0.5) is 0 Å². The molecular weight excluding hydrogens is 194 g/mol. The van der Waals surface area contributed by atoms with Crippen molar-refractivity contribution in [2.45, 2.75) is 24.8 Å². The molecule has 2 rings (SSSR count). The van der Waals surface area contributed by atoms with Gasteiger partial charge in [0.15, 0.2) is 0 Å². The van der Waals surface area contributed by atoms with Crippen LogP contribution in [0.5, 0.6) is 0 Å². The molecule has 1 aromatic rings. The van der Waals surface area contributed by atoms with E-state index in [1.165, 1.54) is 6.33 Å². The lowest BCUT2D eigenvalue weighted by molar-refractivity contribution is -0.140. The van der Waals surface area contributed by atoms with Crippen molar-refractivity contribution in [3.63, 3.8) is 0 Å². The van der Waals surface area contributed by atoms with Gasteiger partial charge >= 0.3 is 5.97 Å². The summed E-state index contributed by atoms with van der Waals surface area (Å²) >= 11 is 0. The van der Waals surface area contributed by atoms with Crippen LogP contribution in [0.1, 0.15) is 24.5 Å². The van der Waals surface area contributed by atoms with Gasteiger partial charge in [0.1, 0.15) is 12.4 Å². The fourth-order valence-electron chi connectivity index (χ4n) is 1.92. The number of piperidine rings is 1. The number of aliphatic carboxylic acids is 1. The molecule has 1 fully saturated rings. The third-order valence-electron chi connectivity index (χ3n) is 2.72. The Labute approximate surface area is 87.6 Å². The molecule has 1 aliphatic heterocycles. The molecule has 0 spiro atoms. The molecule has 0 bridgehead atoms. The van der Waals surface area contributed by atoms with Crippen molar-refractivity contribution < 1.29 is 9.90 Å². The molecule has 2 heterocycles. The Kier molecular flexibility index (Phi) is 2.91. The largest absolute Gasteiger partial charge is 0.480 e. The zero-order chi connectivity index (χ0) is 10.7. The first-order valence-corrected chi connectivity index (χ1v) is 4.99. The Bertz CT molecular complexity index is 342. The van der Waals surface area contributed by atoms with Gasteiger partial charge in [-0.15, -0.1) is 0 Å². The second kappa shape index (κ2) is 4.35. The monoisotopic (exact) mass is 207 g/mol. The zero-order valence-electron chi connectivity index (χ0n) is 8.26. The van der Waals surface area contributed by atoms with Crippen molar-refractivity contribution in [1.29, 1.82) is 0 Å². The van der Waals surface area contributed by atoms with E-state index in [0.29, 0.717) is 6.42 Å². The van der Waals surface area contributed by atoms with Gasteiger partial charge in [0.05, 0.1) is 0 Å². The van der Waals surface area contributed by atoms with E-state index >= 15 is 0 Å². The van der Waals surface area contributed by atoms with Gasteiger partial charge in [0.2, 0.25) is 0 Å². The van der Waals surface area contributed by atoms with Gasteiger partial charge in [-0.05, 0) is 25.5 Å². The fraction of sp³-hybridized carbons (Fsp3) is 0.500. The molecule has 2 N–H and O–H groups in total. The molecule has 1 aromatic heterocycles. The minimum Gasteiger partial charge on any atom is -0.480 e. The number of nitrogens with zero attached hydrogens (tertiary/aromatic N) is 2. The summed E-state index contributed by atoms with van der Waals surface area (Å²) in [6.07, 6.45) is 4.74. The highest BCUT2D eigenvalue weighted by atomic mass is 16.4. The highest BCUT2D eigenvalue weighted by Crippen LogP contribution is 2.25. The number of nitrogens with one attached hydrogen (secondary N) is 1. The molecule has 0 aromatic carbocycles. The number of rotatable bonds is 2. The van der Waals surface area contributed by atoms with E-state index in [4.69, 9.17) is 5.11 Å². The third kappa shape index (κ3) is 2.30. The molecule has 0 radical (unpaired) electrons. The Morgan fingerprint density at radius 1 is 1.60 bits per heavy atom. The lowest BCUT2D eigenvalue weighted by atomic mass is 9.89. The number of hydrogen-bond donors (Lipinski definition) is 2. The van der Waals surface area contributed by atoms with Gasteiger partial charge in [-0.1, -0.05) is 0 Å². The molecule has 5 nitrogen and oxygen atoms in total. The van der Waals surface area contributed by atoms with Crippen LogP contribution in [0, 0.1) is 0 Å². The number of carboxylic acids is 1. The summed E-state index contributed by atoms with van der Waals surface area (Å²) in [7, 11) is 0. The average Bonchev–Trinajstić information content (AvgIpc) is 2.30. The highest BCUT2D eigenvalue weighted by molar-refractivity contribution is 5.73. The third-order valence-corrected chi connectivity index (χ3v) is 2.72. The lowest BCUT2D eigenvalue weighted by Crippen LogP contribution is -2.42. The highest BCUT2D eigenvalue weighted by Gasteiger charge is 2.27. The van der Waals surface area contributed by atoms with Crippen LogP contribution in [-0.4, -0.2) is 33.6 Å². The number of aromatic nitrogens is 2. The first-order chi connectivity index (χ1) is 7.27. The first kappa shape index (κ1) is 10.0. The van der Waals surface area contributed by atoms with Gasteiger partial charge < -0.3 is 10.4 Å². The van der Waals surface area contributed by atoms with Gasteiger partial charge in [-0.3, -0.25) is 4.79 Å². The van der Waals surface area contributed by atoms with Crippen LogP contribution in [-0.2, 0) is 4.79 Å². The molecule has 0 saturated carbocycles. The van der Waals surface area contributed by atoms with Crippen LogP contribution in [0.25, 0.3) is 0 Å². The van der Waals surface area contributed by atoms with E-state index in [2.05, 4.69) is 15.3 Å². The number of carboxylic acid groups (broad SMARTS) is 1. The summed E-state index contributed by atoms with van der Waals surface area (Å²) in [5.74, 6) is -0.552. The minimum atomic E-state index is -0.784. The lowest BCUT2D eigenvalue weighted by Gasteiger charge is -2.27. The molecule has 1 saturated heterocycles. The zero-order valence-corrected chi connectivity index (χ0v) is 8.26. The Morgan fingerprint density at radius 3 is 3.13 bits per heavy atom. The van der Waals surface area contributed by atoms with Gasteiger partial charge in [-0.2, -0.15) is 0 Å². The van der Waals surface area contributed by atoms with E-state index in [9.17, 15) is 4.79 Å². The maximum Gasteiger partial charge on any atom is 0.320 e. The maximum absolute atomic E-state index is 10.8. The molecular formula is C10H13N3O2. The molecule has 80 valence electrons. The Morgan fingerprint density at radius 2 is 2.47 bits per heavy atom. The summed E-state index contributed by atoms with van der Waals surface area (Å²) in [5.41, 5.74) is 0.942. The molecule has 15 heavy (non-hydrogen) atoms. The topological polar surface area (TPSA) is 75.1 Å². The van der Waals surface area contributed by atoms with Crippen LogP contribution in [0.15, 0.2) is 18.6 Å². The average molecular weight is 207 g/mol. The van der Waals surface area contributed by atoms with Crippen molar-refractivity contribution in [3.05, 3.63) is 24.3 Å².